The van der Waals surface area contributed by atoms with Gasteiger partial charge in [-0.05, 0) is 41.5 Å². The fourth-order valence-electron chi connectivity index (χ4n) is 4.32. The van der Waals surface area contributed by atoms with Crippen LogP contribution in [0.2, 0.25) is 0 Å². The van der Waals surface area contributed by atoms with Crippen LogP contribution in [0.15, 0.2) is 107 Å². The summed E-state index contributed by atoms with van der Waals surface area (Å²) in [5.74, 6) is 1.76. The highest BCUT2D eigenvalue weighted by molar-refractivity contribution is 9.10. The third-order valence-electron chi connectivity index (χ3n) is 5.97. The Bertz CT molecular complexity index is 1590. The number of halogens is 1. The van der Waals surface area contributed by atoms with Crippen LogP contribution in [0.1, 0.15) is 17.0 Å². The first-order valence-electron chi connectivity index (χ1n) is 11.1. The van der Waals surface area contributed by atoms with E-state index in [4.69, 9.17) is 0 Å². The molecule has 0 bridgehead atoms. The summed E-state index contributed by atoms with van der Waals surface area (Å²) < 4.78 is 3.27. The van der Waals surface area contributed by atoms with Gasteiger partial charge in [-0.15, -0.1) is 10.2 Å². The van der Waals surface area contributed by atoms with Gasteiger partial charge in [-0.1, -0.05) is 94.4 Å². The topological polar surface area (TPSA) is 46.5 Å². The van der Waals surface area contributed by atoms with E-state index in [0.29, 0.717) is 6.42 Å². The molecule has 0 aliphatic rings. The average Bonchev–Trinajstić information content (AvgIpc) is 3.46. The quantitative estimate of drug-likeness (QED) is 0.229. The van der Waals surface area contributed by atoms with E-state index in [9.17, 15) is 0 Å². The third-order valence-corrected chi connectivity index (χ3v) is 7.50. The number of H-pyrrole nitrogens is 1. The third kappa shape index (κ3) is 4.04. The van der Waals surface area contributed by atoms with Crippen LogP contribution < -0.4 is 0 Å². The SMILES string of the molecule is Brc1ccc(CSc2nnc(Cc3cccc4c3[nH]c3ccccc34)n2-c2ccccc2)cc1. The number of nitrogens with zero attached hydrogens (tertiary/aromatic N) is 3. The van der Waals surface area contributed by atoms with Crippen LogP contribution in [-0.2, 0) is 12.2 Å². The second kappa shape index (κ2) is 9.12. The second-order valence-electron chi connectivity index (χ2n) is 8.17. The van der Waals surface area contributed by atoms with Crippen LogP contribution >= 0.6 is 27.7 Å². The summed E-state index contributed by atoms with van der Waals surface area (Å²) in [6.45, 7) is 0. The van der Waals surface area contributed by atoms with E-state index in [1.165, 1.54) is 21.9 Å². The summed E-state index contributed by atoms with van der Waals surface area (Å²) >= 11 is 5.22. The van der Waals surface area contributed by atoms with Gasteiger partial charge < -0.3 is 4.98 Å². The zero-order valence-corrected chi connectivity index (χ0v) is 20.7. The summed E-state index contributed by atoms with van der Waals surface area (Å²) in [7, 11) is 0. The van der Waals surface area contributed by atoms with Crippen LogP contribution in [0.4, 0.5) is 0 Å². The molecule has 166 valence electrons. The van der Waals surface area contributed by atoms with Crippen molar-refractivity contribution in [1.29, 1.82) is 0 Å². The normalized spacial score (nSPS) is 11.4. The number of benzene rings is 4. The fourth-order valence-corrected chi connectivity index (χ4v) is 5.52. The summed E-state index contributed by atoms with van der Waals surface area (Å²) in [5, 5.41) is 12.6. The molecule has 0 spiro atoms. The van der Waals surface area contributed by atoms with Crippen molar-refractivity contribution in [3.05, 3.63) is 118 Å². The molecular weight excluding hydrogens is 504 g/mol. The standard InChI is InChI=1S/C28H21BrN4S/c29-21-15-13-19(14-16-21)18-34-28-32-31-26(33(28)22-8-2-1-3-9-22)17-20-7-6-11-24-23-10-4-5-12-25(23)30-27(20)24/h1-16,30H,17-18H2. The number of nitrogens with one attached hydrogen (secondary N) is 1. The highest BCUT2D eigenvalue weighted by atomic mass is 79.9. The lowest BCUT2D eigenvalue weighted by Gasteiger charge is -2.11. The highest BCUT2D eigenvalue weighted by Crippen LogP contribution is 2.31. The van der Waals surface area contributed by atoms with E-state index in [2.05, 4.69) is 127 Å². The molecule has 0 saturated heterocycles. The molecule has 0 radical (unpaired) electrons. The molecule has 1 N–H and O–H groups in total. The van der Waals surface area contributed by atoms with Crippen molar-refractivity contribution in [2.45, 2.75) is 17.3 Å². The predicted molar refractivity (Wildman–Crippen MR) is 144 cm³/mol. The van der Waals surface area contributed by atoms with Gasteiger partial charge in [0.2, 0.25) is 0 Å². The van der Waals surface area contributed by atoms with Crippen LogP contribution in [0.5, 0.6) is 0 Å². The molecule has 0 atom stereocenters. The maximum Gasteiger partial charge on any atom is 0.196 e. The first-order valence-corrected chi connectivity index (χ1v) is 12.9. The minimum Gasteiger partial charge on any atom is -0.354 e. The Labute approximate surface area is 210 Å². The lowest BCUT2D eigenvalue weighted by molar-refractivity contribution is 0.849. The van der Waals surface area contributed by atoms with E-state index >= 15 is 0 Å². The van der Waals surface area contributed by atoms with E-state index < -0.39 is 0 Å². The molecule has 6 rings (SSSR count). The molecule has 0 fully saturated rings. The lowest BCUT2D eigenvalue weighted by atomic mass is 10.1. The van der Waals surface area contributed by atoms with Crippen LogP contribution in [0, 0.1) is 0 Å². The number of fused-ring (bicyclic) bond motifs is 3. The maximum atomic E-state index is 4.65. The van der Waals surface area contributed by atoms with Gasteiger partial charge in [-0.2, -0.15) is 0 Å². The number of hydrogen-bond acceptors (Lipinski definition) is 3. The molecule has 0 unspecified atom stereocenters. The highest BCUT2D eigenvalue weighted by Gasteiger charge is 2.17. The van der Waals surface area contributed by atoms with E-state index in [-0.39, 0.29) is 0 Å². The molecule has 4 aromatic carbocycles. The predicted octanol–water partition coefficient (Wildman–Crippen LogP) is 7.55. The molecule has 2 aromatic heterocycles. The van der Waals surface area contributed by atoms with E-state index in [1.54, 1.807) is 11.8 Å². The molecule has 0 amide bonds. The van der Waals surface area contributed by atoms with Crippen LogP contribution in [0.3, 0.4) is 0 Å². The Hall–Kier alpha value is -3.35. The van der Waals surface area contributed by atoms with Crippen molar-refractivity contribution in [2.75, 3.05) is 0 Å². The molecule has 4 nitrogen and oxygen atoms in total. The average molecular weight is 525 g/mol. The first kappa shape index (κ1) is 21.2. The summed E-state index contributed by atoms with van der Waals surface area (Å²) in [6.07, 6.45) is 0.685. The van der Waals surface area contributed by atoms with Gasteiger partial charge in [0, 0.05) is 38.6 Å². The molecule has 0 saturated carbocycles. The zero-order valence-electron chi connectivity index (χ0n) is 18.3. The molecule has 2 heterocycles. The van der Waals surface area contributed by atoms with Crippen molar-refractivity contribution in [3.8, 4) is 5.69 Å². The zero-order chi connectivity index (χ0) is 22.9. The molecule has 0 aliphatic carbocycles. The van der Waals surface area contributed by atoms with Gasteiger partial charge in [0.15, 0.2) is 5.16 Å². The number of aromatic nitrogens is 4. The van der Waals surface area contributed by atoms with E-state index in [0.717, 1.165) is 37.9 Å². The van der Waals surface area contributed by atoms with E-state index in [1.807, 2.05) is 6.07 Å². The van der Waals surface area contributed by atoms with Crippen molar-refractivity contribution in [3.63, 3.8) is 0 Å². The van der Waals surface area contributed by atoms with Crippen LogP contribution in [0.25, 0.3) is 27.5 Å². The Kier molecular flexibility index (Phi) is 5.69. The largest absolute Gasteiger partial charge is 0.354 e. The first-order chi connectivity index (χ1) is 16.8. The van der Waals surface area contributed by atoms with Gasteiger partial charge in [-0.3, -0.25) is 4.57 Å². The molecule has 0 aliphatic heterocycles. The van der Waals surface area contributed by atoms with Crippen molar-refractivity contribution in [1.82, 2.24) is 19.7 Å². The minimum atomic E-state index is 0.685. The number of aromatic amines is 1. The van der Waals surface area contributed by atoms with Gasteiger partial charge in [-0.25, -0.2) is 0 Å². The van der Waals surface area contributed by atoms with Gasteiger partial charge >= 0.3 is 0 Å². The van der Waals surface area contributed by atoms with Gasteiger partial charge in [0.05, 0.1) is 5.52 Å². The number of para-hydroxylation sites is 3. The smallest absolute Gasteiger partial charge is 0.196 e. The number of hydrogen-bond donors (Lipinski definition) is 1. The summed E-state index contributed by atoms with van der Waals surface area (Å²) in [6, 6.07) is 33.7. The van der Waals surface area contributed by atoms with Gasteiger partial charge in [0.25, 0.3) is 0 Å². The Morgan fingerprint density at radius 1 is 0.765 bits per heavy atom. The monoisotopic (exact) mass is 524 g/mol. The minimum absolute atomic E-state index is 0.685. The lowest BCUT2D eigenvalue weighted by Crippen LogP contribution is -2.04. The van der Waals surface area contributed by atoms with Crippen molar-refractivity contribution >= 4 is 49.5 Å². The number of thioether (sulfide) groups is 1. The Balaban J connectivity index is 1.39. The molecule has 6 heteroatoms. The molecule has 6 aromatic rings. The molecule has 34 heavy (non-hydrogen) atoms. The second-order valence-corrected chi connectivity index (χ2v) is 10.0. The Morgan fingerprint density at radius 3 is 2.38 bits per heavy atom. The number of rotatable bonds is 6. The van der Waals surface area contributed by atoms with Crippen LogP contribution in [-0.4, -0.2) is 19.7 Å². The fraction of sp³-hybridized carbons (Fsp3) is 0.0714. The van der Waals surface area contributed by atoms with Crippen molar-refractivity contribution in [2.24, 2.45) is 0 Å². The Morgan fingerprint density at radius 2 is 1.53 bits per heavy atom. The molecular formula is C28H21BrN4S. The summed E-state index contributed by atoms with van der Waals surface area (Å²) in [4.78, 5) is 3.62. The van der Waals surface area contributed by atoms with Gasteiger partial charge in [0.1, 0.15) is 5.82 Å². The van der Waals surface area contributed by atoms with Crippen molar-refractivity contribution < 1.29 is 0 Å². The maximum absolute atomic E-state index is 4.65. The summed E-state index contributed by atoms with van der Waals surface area (Å²) in [5.41, 5.74) is 5.85.